The SMILES string of the molecule is Cc1nc(-c2cc(Br)cs2)nc(Cl)c1F. The zero-order chi connectivity index (χ0) is 11.0. The van der Waals surface area contributed by atoms with Crippen LogP contribution in [0.3, 0.4) is 0 Å². The van der Waals surface area contributed by atoms with E-state index in [-0.39, 0.29) is 10.8 Å². The molecule has 6 heteroatoms. The molecule has 2 rings (SSSR count). The quantitative estimate of drug-likeness (QED) is 0.742. The van der Waals surface area contributed by atoms with Gasteiger partial charge in [-0.3, -0.25) is 0 Å². The van der Waals surface area contributed by atoms with E-state index in [0.29, 0.717) is 5.82 Å². The number of rotatable bonds is 1. The molecule has 0 bridgehead atoms. The molecule has 0 fully saturated rings. The third-order valence-corrected chi connectivity index (χ3v) is 3.70. The molecule has 0 atom stereocenters. The van der Waals surface area contributed by atoms with E-state index in [4.69, 9.17) is 11.6 Å². The molecule has 0 N–H and O–H groups in total. The van der Waals surface area contributed by atoms with E-state index in [1.807, 2.05) is 11.4 Å². The molecule has 0 radical (unpaired) electrons. The second kappa shape index (κ2) is 4.15. The number of hydrogen-bond acceptors (Lipinski definition) is 3. The molecular formula is C9H5BrClFN2S. The lowest BCUT2D eigenvalue weighted by molar-refractivity contribution is 0.603. The van der Waals surface area contributed by atoms with Crippen molar-refractivity contribution in [1.82, 2.24) is 9.97 Å². The van der Waals surface area contributed by atoms with Gasteiger partial charge in [-0.25, -0.2) is 14.4 Å². The maximum Gasteiger partial charge on any atom is 0.181 e. The van der Waals surface area contributed by atoms with Gasteiger partial charge in [-0.15, -0.1) is 11.3 Å². The Balaban J connectivity index is 2.55. The van der Waals surface area contributed by atoms with Gasteiger partial charge < -0.3 is 0 Å². The fourth-order valence-electron chi connectivity index (χ4n) is 1.06. The smallest absolute Gasteiger partial charge is 0.181 e. The van der Waals surface area contributed by atoms with Crippen molar-refractivity contribution >= 4 is 38.9 Å². The Morgan fingerprint density at radius 3 is 2.73 bits per heavy atom. The third kappa shape index (κ3) is 2.19. The van der Waals surface area contributed by atoms with Crippen molar-refractivity contribution in [3.63, 3.8) is 0 Å². The summed E-state index contributed by atoms with van der Waals surface area (Å²) in [6, 6.07) is 1.87. The lowest BCUT2D eigenvalue weighted by atomic mass is 10.4. The molecule has 15 heavy (non-hydrogen) atoms. The van der Waals surface area contributed by atoms with Gasteiger partial charge in [0.15, 0.2) is 16.8 Å². The molecule has 0 amide bonds. The maximum atomic E-state index is 13.2. The zero-order valence-corrected chi connectivity index (χ0v) is 10.7. The Kier molecular flexibility index (Phi) is 3.04. The molecule has 0 saturated carbocycles. The Hall–Kier alpha value is -0.520. The van der Waals surface area contributed by atoms with Crippen LogP contribution in [0.4, 0.5) is 4.39 Å². The Bertz CT molecular complexity index is 492. The van der Waals surface area contributed by atoms with Crippen molar-refractivity contribution in [3.8, 4) is 10.7 Å². The van der Waals surface area contributed by atoms with Gasteiger partial charge in [0.25, 0.3) is 0 Å². The molecule has 2 aromatic rings. The number of thiophene rings is 1. The number of hydrogen-bond donors (Lipinski definition) is 0. The molecule has 0 spiro atoms. The van der Waals surface area contributed by atoms with Crippen LogP contribution < -0.4 is 0 Å². The van der Waals surface area contributed by atoms with Crippen molar-refractivity contribution in [3.05, 3.63) is 32.6 Å². The van der Waals surface area contributed by atoms with Crippen LogP contribution in [-0.2, 0) is 0 Å². The van der Waals surface area contributed by atoms with Crippen molar-refractivity contribution in [2.45, 2.75) is 6.92 Å². The topological polar surface area (TPSA) is 25.8 Å². The highest BCUT2D eigenvalue weighted by Gasteiger charge is 2.11. The maximum absolute atomic E-state index is 13.2. The van der Waals surface area contributed by atoms with Gasteiger partial charge in [-0.05, 0) is 28.9 Å². The first-order valence-electron chi connectivity index (χ1n) is 4.02. The lowest BCUT2D eigenvalue weighted by Crippen LogP contribution is -1.96. The van der Waals surface area contributed by atoms with Gasteiger partial charge in [-0.1, -0.05) is 11.6 Å². The number of aromatic nitrogens is 2. The van der Waals surface area contributed by atoms with E-state index in [1.54, 1.807) is 6.92 Å². The van der Waals surface area contributed by atoms with E-state index in [2.05, 4.69) is 25.9 Å². The van der Waals surface area contributed by atoms with E-state index < -0.39 is 5.82 Å². The fourth-order valence-corrected chi connectivity index (χ4v) is 2.64. The van der Waals surface area contributed by atoms with Crippen LogP contribution in [0, 0.1) is 12.7 Å². The minimum atomic E-state index is -0.559. The Morgan fingerprint density at radius 1 is 1.47 bits per heavy atom. The molecule has 0 aromatic carbocycles. The summed E-state index contributed by atoms with van der Waals surface area (Å²) in [6.07, 6.45) is 0. The third-order valence-electron chi connectivity index (χ3n) is 1.76. The van der Waals surface area contributed by atoms with Crippen LogP contribution >= 0.6 is 38.9 Å². The summed E-state index contributed by atoms with van der Waals surface area (Å²) in [5.74, 6) is -0.106. The summed E-state index contributed by atoms with van der Waals surface area (Å²) in [7, 11) is 0. The summed E-state index contributed by atoms with van der Waals surface area (Å²) in [5.41, 5.74) is 0.259. The van der Waals surface area contributed by atoms with E-state index in [9.17, 15) is 4.39 Å². The van der Waals surface area contributed by atoms with Crippen LogP contribution in [0.2, 0.25) is 5.15 Å². The highest BCUT2D eigenvalue weighted by Crippen LogP contribution is 2.29. The molecule has 0 saturated heterocycles. The zero-order valence-electron chi connectivity index (χ0n) is 7.59. The summed E-state index contributed by atoms with van der Waals surface area (Å²) in [4.78, 5) is 8.78. The van der Waals surface area contributed by atoms with Crippen LogP contribution in [0.25, 0.3) is 10.7 Å². The lowest BCUT2D eigenvalue weighted by Gasteiger charge is -2.01. The normalized spacial score (nSPS) is 10.7. The molecule has 0 aliphatic carbocycles. The van der Waals surface area contributed by atoms with Crippen LogP contribution in [-0.4, -0.2) is 9.97 Å². The molecule has 2 heterocycles. The van der Waals surface area contributed by atoms with E-state index in [1.165, 1.54) is 11.3 Å². The summed E-state index contributed by atoms with van der Waals surface area (Å²) in [5, 5.41) is 1.77. The van der Waals surface area contributed by atoms with Crippen molar-refractivity contribution in [2.24, 2.45) is 0 Å². The molecule has 0 aliphatic rings. The average Bonchev–Trinajstić information content (AvgIpc) is 2.60. The van der Waals surface area contributed by atoms with Gasteiger partial charge in [0, 0.05) is 9.85 Å². The summed E-state index contributed by atoms with van der Waals surface area (Å²) < 4.78 is 14.1. The van der Waals surface area contributed by atoms with Crippen LogP contribution in [0.15, 0.2) is 15.9 Å². The first kappa shape index (κ1) is 11.0. The first-order valence-corrected chi connectivity index (χ1v) is 6.07. The predicted molar refractivity (Wildman–Crippen MR) is 62.8 cm³/mol. The fraction of sp³-hybridized carbons (Fsp3) is 0.111. The number of aryl methyl sites for hydroxylation is 1. The Labute approximate surface area is 103 Å². The summed E-state index contributed by atoms with van der Waals surface area (Å²) in [6.45, 7) is 1.56. The van der Waals surface area contributed by atoms with Gasteiger partial charge >= 0.3 is 0 Å². The highest BCUT2D eigenvalue weighted by atomic mass is 79.9. The summed E-state index contributed by atoms with van der Waals surface area (Å²) >= 11 is 10.4. The minimum Gasteiger partial charge on any atom is -0.229 e. The molecular weight excluding hydrogens is 303 g/mol. The molecule has 0 unspecified atom stereocenters. The second-order valence-electron chi connectivity index (χ2n) is 2.87. The molecule has 0 aliphatic heterocycles. The molecule has 2 nitrogen and oxygen atoms in total. The molecule has 78 valence electrons. The van der Waals surface area contributed by atoms with Crippen LogP contribution in [0.1, 0.15) is 5.69 Å². The molecule has 2 aromatic heterocycles. The van der Waals surface area contributed by atoms with Crippen LogP contribution in [0.5, 0.6) is 0 Å². The second-order valence-corrected chi connectivity index (χ2v) is 5.05. The first-order chi connectivity index (χ1) is 7.08. The standard InChI is InChI=1S/C9H5BrClFN2S/c1-4-7(12)8(11)14-9(13-4)6-2-5(10)3-15-6/h2-3H,1H3. The van der Waals surface area contributed by atoms with Gasteiger partial charge in [0.2, 0.25) is 0 Å². The number of nitrogens with zero attached hydrogens (tertiary/aromatic N) is 2. The average molecular weight is 308 g/mol. The van der Waals surface area contributed by atoms with E-state index >= 15 is 0 Å². The number of halogens is 3. The van der Waals surface area contributed by atoms with E-state index in [0.717, 1.165) is 9.35 Å². The minimum absolute atomic E-state index is 0.137. The van der Waals surface area contributed by atoms with Crippen molar-refractivity contribution < 1.29 is 4.39 Å². The van der Waals surface area contributed by atoms with Crippen molar-refractivity contribution in [1.29, 1.82) is 0 Å². The van der Waals surface area contributed by atoms with Crippen molar-refractivity contribution in [2.75, 3.05) is 0 Å². The van der Waals surface area contributed by atoms with Gasteiger partial charge in [-0.2, -0.15) is 0 Å². The highest BCUT2D eigenvalue weighted by molar-refractivity contribution is 9.10. The monoisotopic (exact) mass is 306 g/mol. The van der Waals surface area contributed by atoms with Gasteiger partial charge in [0.1, 0.15) is 0 Å². The Morgan fingerprint density at radius 2 is 2.20 bits per heavy atom. The predicted octanol–water partition coefficient (Wildman–Crippen LogP) is 4.07. The largest absolute Gasteiger partial charge is 0.229 e. The van der Waals surface area contributed by atoms with Gasteiger partial charge in [0.05, 0.1) is 10.6 Å².